The van der Waals surface area contributed by atoms with Crippen LogP contribution in [0, 0.1) is 5.92 Å². The minimum Gasteiger partial charge on any atom is -0.496 e. The molecule has 1 heterocycles. The van der Waals surface area contributed by atoms with Gasteiger partial charge in [-0.15, -0.1) is 0 Å². The van der Waals surface area contributed by atoms with Gasteiger partial charge in [-0.2, -0.15) is 0 Å². The largest absolute Gasteiger partial charge is 0.496 e. The van der Waals surface area contributed by atoms with Gasteiger partial charge in [0.1, 0.15) is 12.3 Å². The number of carbonyl (C=O) groups is 2. The van der Waals surface area contributed by atoms with Crippen molar-refractivity contribution < 1.29 is 14.3 Å². The molecule has 0 aliphatic heterocycles. The Morgan fingerprint density at radius 1 is 0.944 bits per heavy atom. The Balaban J connectivity index is 1.34. The van der Waals surface area contributed by atoms with Crippen LogP contribution in [0.25, 0.3) is 10.9 Å². The Morgan fingerprint density at radius 3 is 2.47 bits per heavy atom. The molecule has 0 unspecified atom stereocenters. The summed E-state index contributed by atoms with van der Waals surface area (Å²) in [7, 11) is 1.66. The number of amides is 2. The zero-order chi connectivity index (χ0) is 24.9. The Bertz CT molecular complexity index is 1190. The number of H-pyrrole nitrogens is 1. The first-order valence-electron chi connectivity index (χ1n) is 13.4. The van der Waals surface area contributed by atoms with E-state index in [0.717, 1.165) is 61.8 Å². The maximum absolute atomic E-state index is 13.8. The normalized spacial score (nSPS) is 16.1. The first-order valence-corrected chi connectivity index (χ1v) is 13.4. The molecule has 2 saturated carbocycles. The third-order valence-electron chi connectivity index (χ3n) is 7.76. The zero-order valence-electron chi connectivity index (χ0n) is 21.2. The number of nitrogens with zero attached hydrogens (tertiary/aromatic N) is 2. The fraction of sp³-hybridized carbons (Fsp3) is 0.467. The fourth-order valence-electron chi connectivity index (χ4n) is 5.53. The first-order chi connectivity index (χ1) is 17.6. The summed E-state index contributed by atoms with van der Waals surface area (Å²) in [6.45, 7) is 1.21. The van der Waals surface area contributed by atoms with E-state index in [4.69, 9.17) is 4.74 Å². The van der Waals surface area contributed by atoms with Gasteiger partial charge in [0.05, 0.1) is 7.11 Å². The molecule has 2 aliphatic rings. The van der Waals surface area contributed by atoms with Crippen LogP contribution in [-0.4, -0.2) is 52.8 Å². The van der Waals surface area contributed by atoms with Crippen LogP contribution in [0.4, 0.5) is 0 Å². The van der Waals surface area contributed by atoms with Gasteiger partial charge in [0.25, 0.3) is 0 Å². The summed E-state index contributed by atoms with van der Waals surface area (Å²) in [5.41, 5.74) is 3.28. The predicted octanol–water partition coefficient (Wildman–Crippen LogP) is 5.32. The lowest BCUT2D eigenvalue weighted by Crippen LogP contribution is -2.46. The number of carbonyl (C=O) groups excluding carboxylic acids is 2. The number of rotatable bonds is 10. The third-order valence-corrected chi connectivity index (χ3v) is 7.76. The van der Waals surface area contributed by atoms with Gasteiger partial charge in [-0.1, -0.05) is 55.7 Å². The van der Waals surface area contributed by atoms with Crippen molar-refractivity contribution in [3.8, 4) is 5.75 Å². The first kappa shape index (κ1) is 24.4. The van der Waals surface area contributed by atoms with Crippen LogP contribution in [0.15, 0.2) is 54.7 Å². The maximum atomic E-state index is 13.8. The van der Waals surface area contributed by atoms with Crippen LogP contribution in [0.5, 0.6) is 5.75 Å². The zero-order valence-corrected chi connectivity index (χ0v) is 21.2. The molecule has 2 aliphatic carbocycles. The smallest absolute Gasteiger partial charge is 0.242 e. The minimum atomic E-state index is 0.0109. The van der Waals surface area contributed by atoms with Gasteiger partial charge in [-0.05, 0) is 49.8 Å². The molecule has 0 bridgehead atoms. The van der Waals surface area contributed by atoms with Crippen molar-refractivity contribution in [1.82, 2.24) is 14.8 Å². The number of hydrogen-bond donors (Lipinski definition) is 1. The second-order valence-electron chi connectivity index (χ2n) is 10.3. The molecule has 0 radical (unpaired) electrons. The van der Waals surface area contributed by atoms with E-state index in [9.17, 15) is 9.59 Å². The molecule has 190 valence electrons. The molecule has 0 saturated heterocycles. The molecular weight excluding hydrogens is 450 g/mol. The quantitative estimate of drug-likeness (QED) is 0.421. The highest BCUT2D eigenvalue weighted by atomic mass is 16.5. The molecule has 1 aromatic heterocycles. The summed E-state index contributed by atoms with van der Waals surface area (Å²) in [6, 6.07) is 16.3. The summed E-state index contributed by atoms with van der Waals surface area (Å²) in [5, 5.41) is 1.19. The molecule has 6 heteroatoms. The van der Waals surface area contributed by atoms with Gasteiger partial charge in [0.15, 0.2) is 0 Å². The molecule has 3 aromatic rings. The van der Waals surface area contributed by atoms with E-state index in [1.54, 1.807) is 7.11 Å². The predicted molar refractivity (Wildman–Crippen MR) is 142 cm³/mol. The van der Waals surface area contributed by atoms with E-state index in [0.29, 0.717) is 13.1 Å². The topological polar surface area (TPSA) is 65.6 Å². The Morgan fingerprint density at radius 2 is 1.69 bits per heavy atom. The highest BCUT2D eigenvalue weighted by Gasteiger charge is 2.38. The average molecular weight is 488 g/mol. The van der Waals surface area contributed by atoms with Crippen molar-refractivity contribution in [1.29, 1.82) is 0 Å². The van der Waals surface area contributed by atoms with Crippen molar-refractivity contribution in [3.63, 3.8) is 0 Å². The second kappa shape index (κ2) is 11.2. The lowest BCUT2D eigenvalue weighted by Gasteiger charge is -2.31. The van der Waals surface area contributed by atoms with Crippen LogP contribution in [0.1, 0.15) is 56.1 Å². The number of aromatic nitrogens is 1. The molecule has 2 fully saturated rings. The van der Waals surface area contributed by atoms with Gasteiger partial charge < -0.3 is 19.5 Å². The maximum Gasteiger partial charge on any atom is 0.242 e. The van der Waals surface area contributed by atoms with Crippen LogP contribution in [-0.2, 0) is 22.6 Å². The number of benzene rings is 2. The molecule has 5 rings (SSSR count). The van der Waals surface area contributed by atoms with Gasteiger partial charge in [-0.3, -0.25) is 9.59 Å². The summed E-state index contributed by atoms with van der Waals surface area (Å²) in [4.78, 5) is 34.3. The lowest BCUT2D eigenvalue weighted by atomic mass is 9.88. The molecule has 36 heavy (non-hydrogen) atoms. The van der Waals surface area contributed by atoms with Crippen LogP contribution in [0.2, 0.25) is 0 Å². The van der Waals surface area contributed by atoms with Crippen LogP contribution in [0.3, 0.4) is 0 Å². The van der Waals surface area contributed by atoms with Crippen molar-refractivity contribution in [3.05, 3.63) is 65.9 Å². The van der Waals surface area contributed by atoms with Crippen LogP contribution < -0.4 is 4.74 Å². The van der Waals surface area contributed by atoms with Gasteiger partial charge in [0.2, 0.25) is 11.8 Å². The lowest BCUT2D eigenvalue weighted by molar-refractivity contribution is -0.144. The van der Waals surface area contributed by atoms with E-state index in [-0.39, 0.29) is 30.3 Å². The van der Waals surface area contributed by atoms with Crippen molar-refractivity contribution in [2.75, 3.05) is 20.2 Å². The monoisotopic (exact) mass is 487 g/mol. The van der Waals surface area contributed by atoms with E-state index >= 15 is 0 Å². The number of ether oxygens (including phenoxy) is 1. The Labute approximate surface area is 213 Å². The molecule has 1 N–H and O–H groups in total. The van der Waals surface area contributed by atoms with E-state index in [2.05, 4.69) is 17.1 Å². The van der Waals surface area contributed by atoms with Gasteiger partial charge >= 0.3 is 0 Å². The van der Waals surface area contributed by atoms with Crippen molar-refractivity contribution >= 4 is 22.7 Å². The molecule has 2 aromatic carbocycles. The van der Waals surface area contributed by atoms with E-state index in [1.165, 1.54) is 17.4 Å². The summed E-state index contributed by atoms with van der Waals surface area (Å²) < 4.78 is 5.57. The Kier molecular flexibility index (Phi) is 7.59. The number of aromatic amines is 1. The molecule has 0 atom stereocenters. The molecule has 0 spiro atoms. The number of hydrogen-bond acceptors (Lipinski definition) is 3. The number of para-hydroxylation sites is 2. The van der Waals surface area contributed by atoms with Gasteiger partial charge in [0, 0.05) is 47.7 Å². The van der Waals surface area contributed by atoms with Crippen molar-refractivity contribution in [2.45, 2.75) is 64.0 Å². The number of fused-ring (bicyclic) bond motifs is 1. The van der Waals surface area contributed by atoms with E-state index < -0.39 is 0 Å². The highest BCUT2D eigenvalue weighted by Crippen LogP contribution is 2.32. The minimum absolute atomic E-state index is 0.0109. The second-order valence-corrected chi connectivity index (χ2v) is 10.3. The molecular formula is C30H37N3O3. The van der Waals surface area contributed by atoms with Gasteiger partial charge in [-0.25, -0.2) is 0 Å². The summed E-state index contributed by atoms with van der Waals surface area (Å²) >= 11 is 0. The highest BCUT2D eigenvalue weighted by molar-refractivity contribution is 5.87. The number of nitrogens with one attached hydrogen (secondary N) is 1. The summed E-state index contributed by atoms with van der Waals surface area (Å²) in [5.74, 6) is 1.07. The third kappa shape index (κ3) is 5.58. The standard InChI is InChI=1S/C30H37N3O3/c1-36-28-14-8-5-11-24(28)20-32(18-17-23-19-31-27-13-7-6-12-26(23)27)29(34)21-33(25-15-16-25)30(35)22-9-3-2-4-10-22/h5-8,11-14,19,22,25,31H,2-4,9-10,15-18,20-21H2,1H3. The molecule has 2 amide bonds. The van der Waals surface area contributed by atoms with Crippen LogP contribution >= 0.6 is 0 Å². The number of methoxy groups -OCH3 is 1. The molecule has 6 nitrogen and oxygen atoms in total. The fourth-order valence-corrected chi connectivity index (χ4v) is 5.53. The van der Waals surface area contributed by atoms with Crippen molar-refractivity contribution in [2.24, 2.45) is 5.92 Å². The summed E-state index contributed by atoms with van der Waals surface area (Å²) in [6.07, 6.45) is 10.2. The Hall–Kier alpha value is -3.28. The van der Waals surface area contributed by atoms with E-state index in [1.807, 2.05) is 52.4 Å². The average Bonchev–Trinajstić information content (AvgIpc) is 3.69. The SMILES string of the molecule is COc1ccccc1CN(CCc1c[nH]c2ccccc12)C(=O)CN(C(=O)C1CCCCC1)C1CC1.